The monoisotopic (exact) mass is 677 g/mol. The number of ether oxygens (including phenoxy) is 1. The molecule has 4 aromatic rings. The summed E-state index contributed by atoms with van der Waals surface area (Å²) in [5.74, 6) is 0.0897. The standard InChI is InChI=1S/C34H43N9O4.ClH/c1-21(35-5)31(44)41-29(34(2,3)4)33(46)43-14-7-8-27(43)32(45)40-26-16-24-25(17-28(26)47-6)37-19-38-30(24)39-23-11-9-22(10-12-23)18-42-15-13-36-20-42;/h9-13,15-17,19-21,27,29,35H,7-8,14,18H2,1-6H3,(H,40,45)(H,41,44)(H,37,38,39);1H. The number of likely N-dealkylation sites (N-methyl/N-ethyl adjacent to an activating group) is 1. The fourth-order valence-electron chi connectivity index (χ4n) is 5.60. The van der Waals surface area contributed by atoms with E-state index in [1.165, 1.54) is 13.4 Å². The summed E-state index contributed by atoms with van der Waals surface area (Å²) >= 11 is 0. The first-order chi connectivity index (χ1) is 22.5. The van der Waals surface area contributed by atoms with Crippen molar-refractivity contribution in [2.24, 2.45) is 5.41 Å². The summed E-state index contributed by atoms with van der Waals surface area (Å²) in [6.45, 7) is 8.55. The summed E-state index contributed by atoms with van der Waals surface area (Å²) < 4.78 is 7.63. The molecule has 256 valence electrons. The molecule has 3 atom stereocenters. The van der Waals surface area contributed by atoms with Gasteiger partial charge in [0.15, 0.2) is 0 Å². The zero-order chi connectivity index (χ0) is 33.7. The van der Waals surface area contributed by atoms with Crippen LogP contribution in [-0.2, 0) is 20.9 Å². The van der Waals surface area contributed by atoms with Gasteiger partial charge < -0.3 is 35.5 Å². The molecule has 1 saturated heterocycles. The number of benzene rings is 2. The molecule has 5 rings (SSSR count). The molecular weight excluding hydrogens is 634 g/mol. The minimum atomic E-state index is -0.805. The summed E-state index contributed by atoms with van der Waals surface area (Å²) in [6, 6.07) is 9.56. The van der Waals surface area contributed by atoms with Crippen LogP contribution >= 0.6 is 12.4 Å². The minimum Gasteiger partial charge on any atom is -0.494 e. The van der Waals surface area contributed by atoms with E-state index in [4.69, 9.17) is 4.74 Å². The van der Waals surface area contributed by atoms with E-state index < -0.39 is 23.5 Å². The maximum Gasteiger partial charge on any atom is 0.247 e. The third kappa shape index (κ3) is 8.20. The minimum absolute atomic E-state index is 0. The Kier molecular flexibility index (Phi) is 11.6. The molecular formula is C34H44ClN9O4. The van der Waals surface area contributed by atoms with E-state index in [0.29, 0.717) is 54.1 Å². The Morgan fingerprint density at radius 3 is 2.50 bits per heavy atom. The highest BCUT2D eigenvalue weighted by Gasteiger charge is 2.42. The number of likely N-dealkylation sites (tertiary alicyclic amines) is 1. The number of rotatable bonds is 11. The average molecular weight is 678 g/mol. The first-order valence-corrected chi connectivity index (χ1v) is 15.7. The van der Waals surface area contributed by atoms with E-state index in [9.17, 15) is 14.4 Å². The zero-order valence-electron chi connectivity index (χ0n) is 28.1. The van der Waals surface area contributed by atoms with Gasteiger partial charge in [-0.25, -0.2) is 15.0 Å². The number of nitrogens with one attached hydrogen (secondary N) is 4. The van der Waals surface area contributed by atoms with E-state index in [1.54, 1.807) is 43.5 Å². The lowest BCUT2D eigenvalue weighted by Gasteiger charge is -2.36. The lowest BCUT2D eigenvalue weighted by Crippen LogP contribution is -2.59. The zero-order valence-corrected chi connectivity index (χ0v) is 28.9. The van der Waals surface area contributed by atoms with Crippen LogP contribution in [0.1, 0.15) is 46.1 Å². The maximum atomic E-state index is 13.9. The Morgan fingerprint density at radius 1 is 1.10 bits per heavy atom. The Hall–Kier alpha value is -4.75. The molecule has 1 fully saturated rings. The molecule has 0 radical (unpaired) electrons. The molecule has 0 aliphatic carbocycles. The van der Waals surface area contributed by atoms with Crippen LogP contribution in [0, 0.1) is 5.41 Å². The molecule has 0 saturated carbocycles. The van der Waals surface area contributed by atoms with Gasteiger partial charge in [-0.05, 0) is 56.0 Å². The number of hydrogen-bond donors (Lipinski definition) is 4. The van der Waals surface area contributed by atoms with Crippen molar-refractivity contribution in [3.05, 3.63) is 67.0 Å². The molecule has 3 amide bonds. The number of carbonyl (C=O) groups excluding carboxylic acids is 3. The second-order valence-corrected chi connectivity index (χ2v) is 12.8. The molecule has 4 N–H and O–H groups in total. The first-order valence-electron chi connectivity index (χ1n) is 15.7. The molecule has 14 heteroatoms. The molecule has 0 bridgehead atoms. The molecule has 13 nitrogen and oxygen atoms in total. The summed E-state index contributed by atoms with van der Waals surface area (Å²) in [4.78, 5) is 55.0. The van der Waals surface area contributed by atoms with Crippen LogP contribution in [0.4, 0.5) is 17.2 Å². The topological polar surface area (TPSA) is 155 Å². The highest BCUT2D eigenvalue weighted by atomic mass is 35.5. The Bertz CT molecular complexity index is 1730. The second kappa shape index (κ2) is 15.4. The number of fused-ring (bicyclic) bond motifs is 1. The number of nitrogens with zero attached hydrogens (tertiary/aromatic N) is 5. The van der Waals surface area contributed by atoms with Crippen molar-refractivity contribution in [2.45, 2.75) is 65.2 Å². The van der Waals surface area contributed by atoms with Crippen LogP contribution in [0.3, 0.4) is 0 Å². The molecule has 2 aromatic heterocycles. The van der Waals surface area contributed by atoms with Crippen molar-refractivity contribution < 1.29 is 19.1 Å². The fourth-order valence-corrected chi connectivity index (χ4v) is 5.60. The van der Waals surface area contributed by atoms with E-state index in [2.05, 4.69) is 36.2 Å². The molecule has 1 aliphatic rings. The van der Waals surface area contributed by atoms with Gasteiger partial charge in [-0.1, -0.05) is 32.9 Å². The number of methoxy groups -OCH3 is 1. The summed E-state index contributed by atoms with van der Waals surface area (Å²) in [5.41, 5.74) is 2.45. The highest BCUT2D eigenvalue weighted by Crippen LogP contribution is 2.34. The predicted molar refractivity (Wildman–Crippen MR) is 188 cm³/mol. The van der Waals surface area contributed by atoms with Crippen LogP contribution < -0.4 is 26.0 Å². The van der Waals surface area contributed by atoms with Crippen molar-refractivity contribution in [2.75, 3.05) is 31.3 Å². The third-order valence-electron chi connectivity index (χ3n) is 8.42. The first kappa shape index (κ1) is 36.1. The predicted octanol–water partition coefficient (Wildman–Crippen LogP) is 4.12. The normalized spacial score (nSPS) is 15.7. The summed E-state index contributed by atoms with van der Waals surface area (Å²) in [7, 11) is 3.21. The van der Waals surface area contributed by atoms with Crippen molar-refractivity contribution in [3.8, 4) is 5.75 Å². The maximum absolute atomic E-state index is 13.9. The van der Waals surface area contributed by atoms with Crippen LogP contribution in [0.15, 0.2) is 61.4 Å². The summed E-state index contributed by atoms with van der Waals surface area (Å²) in [6.07, 6.45) is 8.08. The van der Waals surface area contributed by atoms with Gasteiger partial charge in [-0.2, -0.15) is 0 Å². The SMILES string of the molecule is CNC(C)C(=O)NC(C(=O)N1CCCC1C(=O)Nc1cc2c(Nc3ccc(Cn4ccnc4)cc3)ncnc2cc1OC)C(C)(C)C.Cl. The Labute approximate surface area is 286 Å². The summed E-state index contributed by atoms with van der Waals surface area (Å²) in [5, 5.41) is 12.9. The fraction of sp³-hybridized carbons (Fsp3) is 0.412. The number of amides is 3. The van der Waals surface area contributed by atoms with Gasteiger partial charge in [0, 0.05) is 42.6 Å². The van der Waals surface area contributed by atoms with E-state index in [1.807, 2.05) is 55.8 Å². The van der Waals surface area contributed by atoms with Gasteiger partial charge in [-0.3, -0.25) is 14.4 Å². The van der Waals surface area contributed by atoms with E-state index in [0.717, 1.165) is 11.3 Å². The molecule has 1 aliphatic heterocycles. The molecule has 0 spiro atoms. The van der Waals surface area contributed by atoms with Crippen molar-refractivity contribution in [3.63, 3.8) is 0 Å². The third-order valence-corrected chi connectivity index (χ3v) is 8.42. The Morgan fingerprint density at radius 2 is 1.85 bits per heavy atom. The van der Waals surface area contributed by atoms with Gasteiger partial charge in [-0.15, -0.1) is 12.4 Å². The number of hydrogen-bond acceptors (Lipinski definition) is 9. The molecule has 3 heterocycles. The van der Waals surface area contributed by atoms with Crippen LogP contribution in [0.2, 0.25) is 0 Å². The largest absolute Gasteiger partial charge is 0.494 e. The van der Waals surface area contributed by atoms with E-state index >= 15 is 0 Å². The van der Waals surface area contributed by atoms with Crippen LogP contribution in [0.5, 0.6) is 5.75 Å². The second-order valence-electron chi connectivity index (χ2n) is 12.8. The number of imidazole rings is 1. The van der Waals surface area contributed by atoms with Crippen molar-refractivity contribution >= 4 is 58.2 Å². The highest BCUT2D eigenvalue weighted by molar-refractivity contribution is 6.03. The average Bonchev–Trinajstić information content (AvgIpc) is 3.76. The lowest BCUT2D eigenvalue weighted by atomic mass is 9.85. The number of anilines is 3. The smallest absolute Gasteiger partial charge is 0.247 e. The van der Waals surface area contributed by atoms with Crippen molar-refractivity contribution in [1.29, 1.82) is 0 Å². The number of aromatic nitrogens is 4. The quantitative estimate of drug-likeness (QED) is 0.184. The van der Waals surface area contributed by atoms with Crippen molar-refractivity contribution in [1.82, 2.24) is 35.1 Å². The number of halogens is 1. The van der Waals surface area contributed by atoms with Gasteiger partial charge in [0.1, 0.15) is 30.0 Å². The van der Waals surface area contributed by atoms with Gasteiger partial charge in [0.2, 0.25) is 17.7 Å². The van der Waals surface area contributed by atoms with Crippen LogP contribution in [-0.4, -0.2) is 81.0 Å². The molecule has 2 aromatic carbocycles. The number of carbonyl (C=O) groups is 3. The van der Waals surface area contributed by atoms with E-state index in [-0.39, 0.29) is 30.1 Å². The van der Waals surface area contributed by atoms with Gasteiger partial charge >= 0.3 is 0 Å². The van der Waals surface area contributed by atoms with Gasteiger partial charge in [0.25, 0.3) is 0 Å². The van der Waals surface area contributed by atoms with Crippen LogP contribution in [0.25, 0.3) is 10.9 Å². The van der Waals surface area contributed by atoms with Gasteiger partial charge in [0.05, 0.1) is 30.7 Å². The molecule has 48 heavy (non-hydrogen) atoms. The Balaban J connectivity index is 0.00000520. The lowest BCUT2D eigenvalue weighted by molar-refractivity contribution is -0.143. The molecule has 3 unspecified atom stereocenters.